The van der Waals surface area contributed by atoms with Gasteiger partial charge in [-0.15, -0.1) is 0 Å². The van der Waals surface area contributed by atoms with Crippen molar-refractivity contribution in [1.82, 2.24) is 4.57 Å². The Kier molecular flexibility index (Phi) is 2.78. The predicted octanol–water partition coefficient (Wildman–Crippen LogP) is 2.58. The molecular formula is C13H17NO. The molecule has 1 aromatic carbocycles. The van der Waals surface area contributed by atoms with Gasteiger partial charge in [-0.2, -0.15) is 0 Å². The zero-order chi connectivity index (χ0) is 10.8. The summed E-state index contributed by atoms with van der Waals surface area (Å²) in [6, 6.07) is 8.47. The normalized spacial score (nSPS) is 13.3. The Morgan fingerprint density at radius 2 is 2.13 bits per heavy atom. The fraction of sp³-hybridized carbons (Fsp3) is 0.385. The fourth-order valence-electron chi connectivity index (χ4n) is 2.06. The lowest BCUT2D eigenvalue weighted by Crippen LogP contribution is -2.11. The molecular weight excluding hydrogens is 186 g/mol. The number of hydrogen-bond donors (Lipinski definition) is 1. The summed E-state index contributed by atoms with van der Waals surface area (Å²) in [6.45, 7) is 4.65. The Morgan fingerprint density at radius 3 is 2.80 bits per heavy atom. The standard InChI is InChI=1S/C13H17NO/c1-3-11-5-4-6-12-7-8-14(13(11)12)9-10(2)15/h4-8,10,15H,3,9H2,1-2H3. The SMILES string of the molecule is CCc1cccc2ccn(CC(C)O)c12. The van der Waals surface area contributed by atoms with Crippen molar-refractivity contribution in [2.45, 2.75) is 32.9 Å². The molecule has 0 saturated carbocycles. The third kappa shape index (κ3) is 1.90. The second-order valence-electron chi connectivity index (χ2n) is 4.03. The number of para-hydroxylation sites is 1. The van der Waals surface area contributed by atoms with Crippen molar-refractivity contribution in [1.29, 1.82) is 0 Å². The summed E-state index contributed by atoms with van der Waals surface area (Å²) in [5.41, 5.74) is 2.61. The van der Waals surface area contributed by atoms with E-state index in [9.17, 15) is 5.11 Å². The molecule has 1 unspecified atom stereocenters. The lowest BCUT2D eigenvalue weighted by Gasteiger charge is -2.10. The molecule has 0 bridgehead atoms. The Labute approximate surface area is 90.2 Å². The van der Waals surface area contributed by atoms with Crippen molar-refractivity contribution in [3.05, 3.63) is 36.0 Å². The van der Waals surface area contributed by atoms with Crippen LogP contribution in [0.1, 0.15) is 19.4 Å². The van der Waals surface area contributed by atoms with E-state index in [1.54, 1.807) is 0 Å². The summed E-state index contributed by atoms with van der Waals surface area (Å²) < 4.78 is 2.14. The van der Waals surface area contributed by atoms with Crippen molar-refractivity contribution >= 4 is 10.9 Å². The van der Waals surface area contributed by atoms with E-state index < -0.39 is 0 Å². The van der Waals surface area contributed by atoms with Gasteiger partial charge in [0.25, 0.3) is 0 Å². The average Bonchev–Trinajstić information content (AvgIpc) is 2.61. The summed E-state index contributed by atoms with van der Waals surface area (Å²) in [7, 11) is 0. The van der Waals surface area contributed by atoms with Gasteiger partial charge >= 0.3 is 0 Å². The Balaban J connectivity index is 2.55. The van der Waals surface area contributed by atoms with E-state index in [-0.39, 0.29) is 6.10 Å². The molecule has 80 valence electrons. The van der Waals surface area contributed by atoms with Crippen molar-refractivity contribution in [2.75, 3.05) is 0 Å². The van der Waals surface area contributed by atoms with Crippen LogP contribution < -0.4 is 0 Å². The molecule has 0 radical (unpaired) electrons. The number of nitrogens with zero attached hydrogens (tertiary/aromatic N) is 1. The van der Waals surface area contributed by atoms with Gasteiger partial charge < -0.3 is 9.67 Å². The molecule has 2 heteroatoms. The van der Waals surface area contributed by atoms with Gasteiger partial charge in [0.2, 0.25) is 0 Å². The largest absolute Gasteiger partial charge is 0.392 e. The zero-order valence-corrected chi connectivity index (χ0v) is 9.27. The van der Waals surface area contributed by atoms with E-state index in [4.69, 9.17) is 0 Å². The van der Waals surface area contributed by atoms with Gasteiger partial charge in [0.15, 0.2) is 0 Å². The first-order valence-corrected chi connectivity index (χ1v) is 5.47. The van der Waals surface area contributed by atoms with Crippen molar-refractivity contribution < 1.29 is 5.11 Å². The second-order valence-corrected chi connectivity index (χ2v) is 4.03. The highest BCUT2D eigenvalue weighted by Gasteiger charge is 2.06. The first-order chi connectivity index (χ1) is 7.22. The van der Waals surface area contributed by atoms with Crippen LogP contribution in [0.5, 0.6) is 0 Å². The molecule has 0 spiro atoms. The van der Waals surface area contributed by atoms with Crippen molar-refractivity contribution in [3.8, 4) is 0 Å². The lowest BCUT2D eigenvalue weighted by molar-refractivity contribution is 0.175. The minimum Gasteiger partial charge on any atom is -0.392 e. The quantitative estimate of drug-likeness (QED) is 0.815. The topological polar surface area (TPSA) is 25.2 Å². The number of benzene rings is 1. The summed E-state index contributed by atoms with van der Waals surface area (Å²) in [5.74, 6) is 0. The van der Waals surface area contributed by atoms with E-state index in [1.165, 1.54) is 16.5 Å². The van der Waals surface area contributed by atoms with Crippen LogP contribution in [0.3, 0.4) is 0 Å². The van der Waals surface area contributed by atoms with Crippen LogP contribution in [0.4, 0.5) is 0 Å². The van der Waals surface area contributed by atoms with E-state index in [2.05, 4.69) is 42.0 Å². The first kappa shape index (κ1) is 10.2. The van der Waals surface area contributed by atoms with Gasteiger partial charge in [-0.1, -0.05) is 25.1 Å². The monoisotopic (exact) mass is 203 g/mol. The van der Waals surface area contributed by atoms with Gasteiger partial charge in [-0.05, 0) is 30.4 Å². The number of fused-ring (bicyclic) bond motifs is 1. The van der Waals surface area contributed by atoms with Gasteiger partial charge in [0.1, 0.15) is 0 Å². The fourth-order valence-corrected chi connectivity index (χ4v) is 2.06. The predicted molar refractivity (Wildman–Crippen MR) is 63.0 cm³/mol. The molecule has 1 aromatic heterocycles. The van der Waals surface area contributed by atoms with Crippen LogP contribution in [0.2, 0.25) is 0 Å². The van der Waals surface area contributed by atoms with E-state index in [0.29, 0.717) is 6.54 Å². The molecule has 0 amide bonds. The number of hydrogen-bond acceptors (Lipinski definition) is 1. The van der Waals surface area contributed by atoms with E-state index >= 15 is 0 Å². The lowest BCUT2D eigenvalue weighted by atomic mass is 10.1. The second kappa shape index (κ2) is 4.07. The van der Waals surface area contributed by atoms with E-state index in [1.807, 2.05) is 6.92 Å². The summed E-state index contributed by atoms with van der Waals surface area (Å²) in [4.78, 5) is 0. The van der Waals surface area contributed by atoms with Gasteiger partial charge in [-0.3, -0.25) is 0 Å². The molecule has 0 aliphatic heterocycles. The highest BCUT2D eigenvalue weighted by molar-refractivity contribution is 5.83. The van der Waals surface area contributed by atoms with Crippen LogP contribution in [0.25, 0.3) is 10.9 Å². The first-order valence-electron chi connectivity index (χ1n) is 5.47. The number of aryl methyl sites for hydroxylation is 1. The highest BCUT2D eigenvalue weighted by Crippen LogP contribution is 2.21. The maximum absolute atomic E-state index is 9.43. The molecule has 1 N–H and O–H groups in total. The molecule has 0 saturated heterocycles. The summed E-state index contributed by atoms with van der Waals surface area (Å²) >= 11 is 0. The van der Waals surface area contributed by atoms with Gasteiger partial charge in [0.05, 0.1) is 11.6 Å². The highest BCUT2D eigenvalue weighted by atomic mass is 16.3. The molecule has 2 rings (SSSR count). The van der Waals surface area contributed by atoms with Crippen LogP contribution in [-0.4, -0.2) is 15.8 Å². The maximum atomic E-state index is 9.43. The number of rotatable bonds is 3. The molecule has 2 nitrogen and oxygen atoms in total. The summed E-state index contributed by atoms with van der Waals surface area (Å²) in [6.07, 6.45) is 2.78. The Bertz CT molecular complexity index is 457. The van der Waals surface area contributed by atoms with Crippen LogP contribution in [-0.2, 0) is 13.0 Å². The van der Waals surface area contributed by atoms with Crippen LogP contribution in [0, 0.1) is 0 Å². The van der Waals surface area contributed by atoms with Crippen molar-refractivity contribution in [3.63, 3.8) is 0 Å². The Morgan fingerprint density at radius 1 is 1.33 bits per heavy atom. The van der Waals surface area contributed by atoms with Gasteiger partial charge in [-0.25, -0.2) is 0 Å². The summed E-state index contributed by atoms with van der Waals surface area (Å²) in [5, 5.41) is 10.7. The molecule has 0 aliphatic carbocycles. The smallest absolute Gasteiger partial charge is 0.0691 e. The van der Waals surface area contributed by atoms with Gasteiger partial charge in [0, 0.05) is 12.7 Å². The van der Waals surface area contributed by atoms with Crippen LogP contribution in [0.15, 0.2) is 30.5 Å². The molecule has 0 fully saturated rings. The van der Waals surface area contributed by atoms with E-state index in [0.717, 1.165) is 6.42 Å². The van der Waals surface area contributed by atoms with Crippen molar-refractivity contribution in [2.24, 2.45) is 0 Å². The third-order valence-corrected chi connectivity index (χ3v) is 2.71. The minimum absolute atomic E-state index is 0.300. The average molecular weight is 203 g/mol. The zero-order valence-electron chi connectivity index (χ0n) is 9.27. The molecule has 15 heavy (non-hydrogen) atoms. The molecule has 2 aromatic rings. The number of aliphatic hydroxyl groups is 1. The third-order valence-electron chi connectivity index (χ3n) is 2.71. The number of aliphatic hydroxyl groups excluding tert-OH is 1. The van der Waals surface area contributed by atoms with Crippen LogP contribution >= 0.6 is 0 Å². The Hall–Kier alpha value is -1.28. The molecule has 1 atom stereocenters. The minimum atomic E-state index is -0.300. The number of aromatic nitrogens is 1. The molecule has 1 heterocycles. The maximum Gasteiger partial charge on any atom is 0.0691 e. The molecule has 0 aliphatic rings.